The fourth-order valence-corrected chi connectivity index (χ4v) is 2.85. The monoisotopic (exact) mass is 240 g/mol. The van der Waals surface area contributed by atoms with Gasteiger partial charge >= 0.3 is 6.03 Å². The van der Waals surface area contributed by atoms with Gasteiger partial charge in [-0.25, -0.2) is 4.79 Å². The lowest BCUT2D eigenvalue weighted by molar-refractivity contribution is 0.187. The van der Waals surface area contributed by atoms with Crippen LogP contribution >= 0.6 is 0 Å². The van der Waals surface area contributed by atoms with Crippen molar-refractivity contribution < 1.29 is 9.53 Å². The summed E-state index contributed by atoms with van der Waals surface area (Å²) in [6.45, 7) is 3.67. The van der Waals surface area contributed by atoms with Gasteiger partial charge in [-0.05, 0) is 25.2 Å². The van der Waals surface area contributed by atoms with Crippen LogP contribution in [0, 0.1) is 5.92 Å². The van der Waals surface area contributed by atoms with E-state index in [0.717, 1.165) is 31.8 Å². The maximum atomic E-state index is 11.8. The molecule has 4 nitrogen and oxygen atoms in total. The zero-order valence-corrected chi connectivity index (χ0v) is 10.7. The van der Waals surface area contributed by atoms with Crippen molar-refractivity contribution in [3.8, 4) is 0 Å². The molecule has 0 radical (unpaired) electrons. The Morgan fingerprint density at radius 3 is 2.76 bits per heavy atom. The van der Waals surface area contributed by atoms with Crippen LogP contribution in [0.25, 0.3) is 0 Å². The molecule has 0 aromatic heterocycles. The maximum Gasteiger partial charge on any atom is 0.315 e. The van der Waals surface area contributed by atoms with Crippen molar-refractivity contribution in [2.45, 2.75) is 57.5 Å². The standard InChI is InChI=1S/C13H24N2O2/c1-2-10-4-3-5-11(8-10)14-13(16)15-12-6-7-17-9-12/h10-12H,2-9H2,1H3,(H2,14,15,16). The molecule has 1 saturated heterocycles. The zero-order chi connectivity index (χ0) is 12.1. The van der Waals surface area contributed by atoms with Gasteiger partial charge in [-0.3, -0.25) is 0 Å². The number of carbonyl (C=O) groups excluding carboxylic acids is 1. The normalized spacial score (nSPS) is 33.4. The maximum absolute atomic E-state index is 11.8. The van der Waals surface area contributed by atoms with E-state index in [4.69, 9.17) is 4.74 Å². The Balaban J connectivity index is 1.70. The predicted molar refractivity (Wildman–Crippen MR) is 66.9 cm³/mol. The lowest BCUT2D eigenvalue weighted by atomic mass is 9.84. The van der Waals surface area contributed by atoms with E-state index in [1.807, 2.05) is 0 Å². The van der Waals surface area contributed by atoms with Gasteiger partial charge in [0, 0.05) is 12.6 Å². The lowest BCUT2D eigenvalue weighted by Crippen LogP contribution is -2.47. The summed E-state index contributed by atoms with van der Waals surface area (Å²) in [6, 6.07) is 0.568. The molecule has 0 aromatic carbocycles. The average molecular weight is 240 g/mol. The molecule has 17 heavy (non-hydrogen) atoms. The van der Waals surface area contributed by atoms with Crippen LogP contribution in [0.3, 0.4) is 0 Å². The molecule has 2 fully saturated rings. The first kappa shape index (κ1) is 12.7. The second-order valence-corrected chi connectivity index (χ2v) is 5.32. The Morgan fingerprint density at radius 1 is 1.24 bits per heavy atom. The van der Waals surface area contributed by atoms with Gasteiger partial charge < -0.3 is 15.4 Å². The summed E-state index contributed by atoms with van der Waals surface area (Å²) in [6.07, 6.45) is 7.02. The van der Waals surface area contributed by atoms with Gasteiger partial charge in [-0.1, -0.05) is 26.2 Å². The summed E-state index contributed by atoms with van der Waals surface area (Å²) in [5.74, 6) is 0.795. The van der Waals surface area contributed by atoms with Crippen LogP contribution in [0.15, 0.2) is 0 Å². The van der Waals surface area contributed by atoms with E-state index in [-0.39, 0.29) is 12.1 Å². The molecule has 1 heterocycles. The molecule has 1 saturated carbocycles. The Hall–Kier alpha value is -0.770. The van der Waals surface area contributed by atoms with Gasteiger partial charge in [0.25, 0.3) is 0 Å². The van der Waals surface area contributed by atoms with E-state index in [0.29, 0.717) is 12.6 Å². The summed E-state index contributed by atoms with van der Waals surface area (Å²) in [7, 11) is 0. The quantitative estimate of drug-likeness (QED) is 0.793. The van der Waals surface area contributed by atoms with Crippen molar-refractivity contribution in [3.63, 3.8) is 0 Å². The molecule has 98 valence electrons. The van der Waals surface area contributed by atoms with Crippen molar-refractivity contribution in [1.29, 1.82) is 0 Å². The third kappa shape index (κ3) is 3.87. The third-order valence-electron chi connectivity index (χ3n) is 3.96. The largest absolute Gasteiger partial charge is 0.379 e. The van der Waals surface area contributed by atoms with Gasteiger partial charge in [0.2, 0.25) is 0 Å². The summed E-state index contributed by atoms with van der Waals surface area (Å²) in [5.41, 5.74) is 0. The van der Waals surface area contributed by atoms with Gasteiger partial charge in [-0.2, -0.15) is 0 Å². The van der Waals surface area contributed by atoms with Crippen LogP contribution in [0.1, 0.15) is 45.4 Å². The van der Waals surface area contributed by atoms with Crippen molar-refractivity contribution >= 4 is 6.03 Å². The highest BCUT2D eigenvalue weighted by molar-refractivity contribution is 5.74. The topological polar surface area (TPSA) is 50.4 Å². The highest BCUT2D eigenvalue weighted by Gasteiger charge is 2.23. The molecule has 0 bridgehead atoms. The number of hydrogen-bond acceptors (Lipinski definition) is 2. The van der Waals surface area contributed by atoms with E-state index in [1.54, 1.807) is 0 Å². The van der Waals surface area contributed by atoms with Crippen LogP contribution in [-0.2, 0) is 4.74 Å². The molecule has 1 aliphatic heterocycles. The molecule has 3 unspecified atom stereocenters. The molecule has 4 heteroatoms. The van der Waals surface area contributed by atoms with Gasteiger partial charge in [0.15, 0.2) is 0 Å². The highest BCUT2D eigenvalue weighted by Crippen LogP contribution is 2.26. The van der Waals surface area contributed by atoms with Crippen LogP contribution in [0.4, 0.5) is 4.79 Å². The van der Waals surface area contributed by atoms with Crippen molar-refractivity contribution in [3.05, 3.63) is 0 Å². The summed E-state index contributed by atoms with van der Waals surface area (Å²) in [5, 5.41) is 6.09. The second-order valence-electron chi connectivity index (χ2n) is 5.32. The van der Waals surface area contributed by atoms with E-state index < -0.39 is 0 Å². The molecule has 1 aliphatic carbocycles. The first-order valence-electron chi connectivity index (χ1n) is 6.92. The Labute approximate surface area is 103 Å². The van der Waals surface area contributed by atoms with Gasteiger partial charge in [0.1, 0.15) is 0 Å². The van der Waals surface area contributed by atoms with Crippen LogP contribution in [-0.4, -0.2) is 31.3 Å². The number of urea groups is 1. The zero-order valence-electron chi connectivity index (χ0n) is 10.7. The highest BCUT2D eigenvalue weighted by atomic mass is 16.5. The average Bonchev–Trinajstić information content (AvgIpc) is 2.82. The number of carbonyl (C=O) groups is 1. The molecule has 0 spiro atoms. The van der Waals surface area contributed by atoms with Crippen molar-refractivity contribution in [1.82, 2.24) is 10.6 Å². The van der Waals surface area contributed by atoms with E-state index in [2.05, 4.69) is 17.6 Å². The van der Waals surface area contributed by atoms with Gasteiger partial charge in [-0.15, -0.1) is 0 Å². The number of amides is 2. The molecular formula is C13H24N2O2. The van der Waals surface area contributed by atoms with Crippen molar-refractivity contribution in [2.24, 2.45) is 5.92 Å². The number of ether oxygens (including phenoxy) is 1. The lowest BCUT2D eigenvalue weighted by Gasteiger charge is -2.29. The fourth-order valence-electron chi connectivity index (χ4n) is 2.85. The number of nitrogens with one attached hydrogen (secondary N) is 2. The van der Waals surface area contributed by atoms with Crippen molar-refractivity contribution in [2.75, 3.05) is 13.2 Å². The predicted octanol–water partition coefficient (Wildman–Crippen LogP) is 2.04. The fraction of sp³-hybridized carbons (Fsp3) is 0.923. The molecular weight excluding hydrogens is 216 g/mol. The Morgan fingerprint density at radius 2 is 2.06 bits per heavy atom. The summed E-state index contributed by atoms with van der Waals surface area (Å²) in [4.78, 5) is 11.8. The van der Waals surface area contributed by atoms with Gasteiger partial charge in [0.05, 0.1) is 12.6 Å². The number of hydrogen-bond donors (Lipinski definition) is 2. The molecule has 2 aliphatic rings. The van der Waals surface area contributed by atoms with E-state index >= 15 is 0 Å². The Bertz CT molecular complexity index is 252. The third-order valence-corrected chi connectivity index (χ3v) is 3.96. The molecule has 3 atom stereocenters. The second kappa shape index (κ2) is 6.24. The minimum atomic E-state index is -0.0118. The van der Waals surface area contributed by atoms with E-state index in [9.17, 15) is 4.79 Å². The number of rotatable bonds is 3. The first-order valence-corrected chi connectivity index (χ1v) is 6.92. The molecule has 2 rings (SSSR count). The SMILES string of the molecule is CCC1CCCC(NC(=O)NC2CCOC2)C1. The summed E-state index contributed by atoms with van der Waals surface area (Å²) >= 11 is 0. The minimum Gasteiger partial charge on any atom is -0.379 e. The van der Waals surface area contributed by atoms with Crippen LogP contribution < -0.4 is 10.6 Å². The smallest absolute Gasteiger partial charge is 0.315 e. The van der Waals surface area contributed by atoms with E-state index in [1.165, 1.54) is 19.3 Å². The Kier molecular flexibility index (Phi) is 4.66. The summed E-state index contributed by atoms with van der Waals surface area (Å²) < 4.78 is 5.24. The molecule has 2 N–H and O–H groups in total. The minimum absolute atomic E-state index is 0.0118. The van der Waals surface area contributed by atoms with Crippen LogP contribution in [0.5, 0.6) is 0 Å². The first-order chi connectivity index (χ1) is 8.28. The molecule has 2 amide bonds. The molecule has 0 aromatic rings. The van der Waals surface area contributed by atoms with Crippen LogP contribution in [0.2, 0.25) is 0 Å².